The lowest BCUT2D eigenvalue weighted by Gasteiger charge is -2.36. The summed E-state index contributed by atoms with van der Waals surface area (Å²) in [7, 11) is 2.10. The molecule has 0 bridgehead atoms. The Hall–Kier alpha value is -4.84. The number of aromatic nitrogens is 2. The molecule has 8 rings (SSSR count). The molecule has 4 heterocycles. The van der Waals surface area contributed by atoms with Crippen molar-refractivity contribution in [3.8, 4) is 5.69 Å². The minimum Gasteiger partial charge on any atom is -0.353 e. The van der Waals surface area contributed by atoms with Crippen LogP contribution in [0.5, 0.6) is 0 Å². The van der Waals surface area contributed by atoms with E-state index in [1.807, 2.05) is 6.20 Å². The number of aliphatic imine (C=N–C) groups is 2. The molecule has 2 aliphatic rings. The van der Waals surface area contributed by atoms with Crippen molar-refractivity contribution in [2.75, 3.05) is 13.6 Å². The third-order valence-electron chi connectivity index (χ3n) is 7.68. The van der Waals surface area contributed by atoms with E-state index in [4.69, 9.17) is 4.99 Å². The van der Waals surface area contributed by atoms with Crippen molar-refractivity contribution >= 4 is 55.9 Å². The molecule has 6 heteroatoms. The van der Waals surface area contributed by atoms with Crippen LogP contribution in [0.25, 0.3) is 49.3 Å². The van der Waals surface area contributed by atoms with Crippen molar-refractivity contribution in [3.63, 3.8) is 0 Å². The van der Waals surface area contributed by atoms with Gasteiger partial charge in [-0.3, -0.25) is 9.56 Å². The highest BCUT2D eigenvalue weighted by Gasteiger charge is 2.29. The lowest BCUT2D eigenvalue weighted by Crippen LogP contribution is -2.52. The number of hydrogen-bond acceptors (Lipinski definition) is 4. The molecular formula is C31H24N6. The van der Waals surface area contributed by atoms with E-state index in [9.17, 15) is 0 Å². The monoisotopic (exact) mass is 480 g/mol. The fourth-order valence-electron chi connectivity index (χ4n) is 6.00. The van der Waals surface area contributed by atoms with Gasteiger partial charge < -0.3 is 14.8 Å². The molecule has 0 aliphatic carbocycles. The molecule has 1 atom stereocenters. The van der Waals surface area contributed by atoms with Gasteiger partial charge in [-0.1, -0.05) is 54.6 Å². The molecule has 2 aliphatic heterocycles. The van der Waals surface area contributed by atoms with Crippen molar-refractivity contribution in [3.05, 3.63) is 103 Å². The number of nitrogens with zero attached hydrogens (tertiary/aromatic N) is 5. The van der Waals surface area contributed by atoms with Crippen LogP contribution in [0.3, 0.4) is 0 Å². The summed E-state index contributed by atoms with van der Waals surface area (Å²) < 4.78 is 4.68. The van der Waals surface area contributed by atoms with Crippen LogP contribution in [0.1, 0.15) is 0 Å². The van der Waals surface area contributed by atoms with E-state index < -0.39 is 0 Å². The molecule has 0 saturated carbocycles. The first-order valence-electron chi connectivity index (χ1n) is 12.6. The lowest BCUT2D eigenvalue weighted by atomic mass is 10.1. The molecule has 0 spiro atoms. The summed E-state index contributed by atoms with van der Waals surface area (Å²) in [5.74, 6) is 0.897. The number of para-hydroxylation sites is 3. The molecule has 2 aromatic heterocycles. The van der Waals surface area contributed by atoms with Gasteiger partial charge in [-0.05, 0) is 36.4 Å². The van der Waals surface area contributed by atoms with Crippen LogP contribution in [0, 0.1) is 0 Å². The number of likely N-dealkylation sites (N-methyl/N-ethyl adjacent to an activating group) is 1. The number of rotatable bonds is 1. The standard InChI is InChI=1S/C31H24N6/c1-35-30-20(17-32-19-34-30)18-33-31(35)37-27-14-8-6-12-23(27)25-15-28-24(16-29(25)37)22-11-5-7-13-26(22)36(28)21-9-3-2-4-10-21/h2-16,18-19,30H,17H2,1H3,(H,32,34). The van der Waals surface area contributed by atoms with Crippen molar-refractivity contribution in [2.24, 2.45) is 9.98 Å². The summed E-state index contributed by atoms with van der Waals surface area (Å²) >= 11 is 0. The first kappa shape index (κ1) is 20.4. The molecular weight excluding hydrogens is 456 g/mol. The average molecular weight is 481 g/mol. The predicted octanol–water partition coefficient (Wildman–Crippen LogP) is 5.88. The molecule has 6 aromatic rings. The highest BCUT2D eigenvalue weighted by Crippen LogP contribution is 2.38. The van der Waals surface area contributed by atoms with Crippen LogP contribution in [0.2, 0.25) is 0 Å². The second kappa shape index (κ2) is 7.58. The van der Waals surface area contributed by atoms with Gasteiger partial charge in [-0.25, -0.2) is 4.99 Å². The maximum absolute atomic E-state index is 4.96. The molecule has 4 aromatic carbocycles. The first-order chi connectivity index (χ1) is 18.3. The van der Waals surface area contributed by atoms with Crippen molar-refractivity contribution in [2.45, 2.75) is 6.17 Å². The second-order valence-corrected chi connectivity index (χ2v) is 9.71. The highest BCUT2D eigenvalue weighted by atomic mass is 15.4. The van der Waals surface area contributed by atoms with E-state index in [2.05, 4.69) is 122 Å². The number of hydrogen-bond donors (Lipinski definition) is 1. The third-order valence-corrected chi connectivity index (χ3v) is 7.68. The molecule has 0 amide bonds. The maximum Gasteiger partial charge on any atom is 0.212 e. The van der Waals surface area contributed by atoms with Crippen LogP contribution in [-0.2, 0) is 0 Å². The van der Waals surface area contributed by atoms with Gasteiger partial charge in [0, 0.05) is 46.1 Å². The Labute approximate surface area is 213 Å². The van der Waals surface area contributed by atoms with Gasteiger partial charge in [-0.2, -0.15) is 0 Å². The number of benzene rings is 4. The second-order valence-electron chi connectivity index (χ2n) is 9.71. The van der Waals surface area contributed by atoms with Crippen molar-refractivity contribution in [1.29, 1.82) is 0 Å². The van der Waals surface area contributed by atoms with Crippen LogP contribution in [0.4, 0.5) is 0 Å². The molecule has 0 saturated heterocycles. The zero-order valence-electron chi connectivity index (χ0n) is 20.3. The maximum atomic E-state index is 4.96. The first-order valence-corrected chi connectivity index (χ1v) is 12.6. The van der Waals surface area contributed by atoms with Gasteiger partial charge >= 0.3 is 0 Å². The largest absolute Gasteiger partial charge is 0.353 e. The molecule has 0 fully saturated rings. The topological polar surface area (TPSA) is 49.9 Å². The van der Waals surface area contributed by atoms with Crippen LogP contribution >= 0.6 is 0 Å². The molecule has 1 unspecified atom stereocenters. The van der Waals surface area contributed by atoms with E-state index in [1.165, 1.54) is 38.2 Å². The molecule has 178 valence electrons. The van der Waals surface area contributed by atoms with E-state index in [0.717, 1.165) is 22.7 Å². The van der Waals surface area contributed by atoms with Crippen molar-refractivity contribution < 1.29 is 0 Å². The summed E-state index contributed by atoms with van der Waals surface area (Å²) in [6.45, 7) is 0.672. The summed E-state index contributed by atoms with van der Waals surface area (Å²) in [4.78, 5) is 11.5. The van der Waals surface area contributed by atoms with E-state index in [0.29, 0.717) is 6.54 Å². The Morgan fingerprint density at radius 2 is 1.32 bits per heavy atom. The Morgan fingerprint density at radius 1 is 0.703 bits per heavy atom. The van der Waals surface area contributed by atoms with Gasteiger partial charge in [0.05, 0.1) is 35.0 Å². The summed E-state index contributed by atoms with van der Waals surface area (Å²) in [6.07, 6.45) is 3.82. The van der Waals surface area contributed by atoms with Crippen molar-refractivity contribution in [1.82, 2.24) is 19.4 Å². The smallest absolute Gasteiger partial charge is 0.212 e. The van der Waals surface area contributed by atoms with Gasteiger partial charge in [0.1, 0.15) is 6.17 Å². The SMILES string of the molecule is CN1C(n2c3ccccc3c3cc4c(cc32)c2ccccc2n4-c2ccccc2)=NC=C2CN=CNC21. The zero-order valence-corrected chi connectivity index (χ0v) is 20.3. The van der Waals surface area contributed by atoms with E-state index in [1.54, 1.807) is 6.34 Å². The Balaban J connectivity index is 1.49. The van der Waals surface area contributed by atoms with Gasteiger partial charge in [0.25, 0.3) is 0 Å². The average Bonchev–Trinajstić information content (AvgIpc) is 3.45. The van der Waals surface area contributed by atoms with Crippen LogP contribution in [-0.4, -0.2) is 46.1 Å². The Morgan fingerprint density at radius 3 is 2.05 bits per heavy atom. The van der Waals surface area contributed by atoms with Crippen LogP contribution in [0.15, 0.2) is 113 Å². The Bertz CT molecular complexity index is 1950. The minimum atomic E-state index is 0.0462. The molecule has 37 heavy (non-hydrogen) atoms. The fraction of sp³-hybridized carbons (Fsp3) is 0.0968. The molecule has 6 nitrogen and oxygen atoms in total. The molecule has 0 radical (unpaired) electrons. The number of nitrogens with one attached hydrogen (secondary N) is 1. The highest BCUT2D eigenvalue weighted by molar-refractivity contribution is 6.21. The van der Waals surface area contributed by atoms with Gasteiger partial charge in [-0.15, -0.1) is 0 Å². The summed E-state index contributed by atoms with van der Waals surface area (Å²) in [6, 6.07) is 32.6. The quantitative estimate of drug-likeness (QED) is 0.319. The summed E-state index contributed by atoms with van der Waals surface area (Å²) in [5, 5.41) is 8.31. The summed E-state index contributed by atoms with van der Waals surface area (Å²) in [5.41, 5.74) is 7.04. The lowest BCUT2D eigenvalue weighted by molar-refractivity contribution is 0.364. The van der Waals surface area contributed by atoms with Crippen LogP contribution < -0.4 is 5.32 Å². The van der Waals surface area contributed by atoms with Gasteiger partial charge in [0.15, 0.2) is 0 Å². The zero-order chi connectivity index (χ0) is 24.5. The van der Waals surface area contributed by atoms with E-state index >= 15 is 0 Å². The fourth-order valence-corrected chi connectivity index (χ4v) is 6.00. The van der Waals surface area contributed by atoms with E-state index in [-0.39, 0.29) is 6.17 Å². The number of fused-ring (bicyclic) bond motifs is 7. The predicted molar refractivity (Wildman–Crippen MR) is 153 cm³/mol. The Kier molecular flexibility index (Phi) is 4.17. The van der Waals surface area contributed by atoms with Gasteiger partial charge in [0.2, 0.25) is 5.96 Å². The molecule has 1 N–H and O–H groups in total. The minimum absolute atomic E-state index is 0.0462. The third kappa shape index (κ3) is 2.81. The normalized spacial score (nSPS) is 17.3.